The number of rotatable bonds is 4. The number of halogens is 1. The third-order valence-electron chi connectivity index (χ3n) is 4.29. The number of guanidine groups is 1. The van der Waals surface area contributed by atoms with E-state index in [-0.39, 0.29) is 24.9 Å². The maximum Gasteiger partial charge on any atom is 0.437 e. The second-order valence-corrected chi connectivity index (χ2v) is 10.9. The molecule has 0 atom stereocenters. The van der Waals surface area contributed by atoms with Crippen LogP contribution < -0.4 is 5.73 Å². The molecule has 13 heteroatoms. The molecule has 0 aromatic heterocycles. The quantitative estimate of drug-likeness (QED) is 0.231. The second kappa shape index (κ2) is 11.2. The van der Waals surface area contributed by atoms with E-state index in [1.807, 2.05) is 22.6 Å². The minimum atomic E-state index is -0.979. The molecule has 1 aliphatic heterocycles. The zero-order chi connectivity index (χ0) is 27.4. The number of nitrogens with zero attached hydrogens (tertiary/aromatic N) is 3. The Bertz CT molecular complexity index is 1090. The van der Waals surface area contributed by atoms with Gasteiger partial charge in [0.2, 0.25) is 5.96 Å². The molecule has 1 fully saturated rings. The summed E-state index contributed by atoms with van der Waals surface area (Å²) in [6, 6.07) is 4.39. The summed E-state index contributed by atoms with van der Waals surface area (Å²) < 4.78 is 11.1. The number of hydrogen-bond acceptors (Lipinski definition) is 8. The van der Waals surface area contributed by atoms with Gasteiger partial charge in [0.1, 0.15) is 11.2 Å². The molecule has 4 amide bonds. The van der Waals surface area contributed by atoms with Crippen LogP contribution in [-0.2, 0) is 30.4 Å². The predicted molar refractivity (Wildman–Crippen MR) is 135 cm³/mol. The van der Waals surface area contributed by atoms with Crippen molar-refractivity contribution in [2.24, 2.45) is 10.7 Å². The van der Waals surface area contributed by atoms with E-state index in [2.05, 4.69) is 4.99 Å². The maximum atomic E-state index is 12.9. The average Bonchev–Trinajstić information content (AvgIpc) is 3.01. The smallest absolute Gasteiger partial charge is 0.437 e. The fourth-order valence-electron chi connectivity index (χ4n) is 2.76. The number of benzene rings is 1. The minimum absolute atomic E-state index is 0.0185. The van der Waals surface area contributed by atoms with E-state index in [0.717, 1.165) is 4.90 Å². The van der Waals surface area contributed by atoms with Crippen LogP contribution in [0.2, 0.25) is 0 Å². The molecule has 0 unspecified atom stereocenters. The zero-order valence-electron chi connectivity index (χ0n) is 20.9. The van der Waals surface area contributed by atoms with Crippen molar-refractivity contribution < 1.29 is 38.3 Å². The lowest BCUT2D eigenvalue weighted by molar-refractivity contribution is -0.172. The molecule has 1 aromatic rings. The molecule has 12 nitrogen and oxygen atoms in total. The summed E-state index contributed by atoms with van der Waals surface area (Å²) >= 11 is 1.94. The Labute approximate surface area is 222 Å². The summed E-state index contributed by atoms with van der Waals surface area (Å²) in [4.78, 5) is 70.4. The van der Waals surface area contributed by atoms with Gasteiger partial charge in [-0.25, -0.2) is 19.3 Å². The Morgan fingerprint density at radius 2 is 1.58 bits per heavy atom. The number of imide groups is 1. The van der Waals surface area contributed by atoms with Gasteiger partial charge in [0.15, 0.2) is 0 Å². The van der Waals surface area contributed by atoms with Crippen molar-refractivity contribution in [3.63, 3.8) is 0 Å². The van der Waals surface area contributed by atoms with E-state index in [1.54, 1.807) is 41.5 Å². The number of carbonyl (C=O) groups excluding carboxylic acids is 5. The molecule has 0 bridgehead atoms. The van der Waals surface area contributed by atoms with Crippen LogP contribution in [0.4, 0.5) is 9.59 Å². The first-order valence-electron chi connectivity index (χ1n) is 10.9. The summed E-state index contributed by atoms with van der Waals surface area (Å²) in [6.45, 7) is 9.84. The SMILES string of the molecule is CC(C)(C)OC(=O)N=C(N)N(Cc1ccc(C(=O)ON2C(=O)CCC2=O)cc1I)C(=O)OC(C)(C)C. The molecule has 1 heterocycles. The van der Waals surface area contributed by atoms with Crippen LogP contribution in [-0.4, -0.2) is 57.1 Å². The average molecular weight is 616 g/mol. The number of hydrogen-bond donors (Lipinski definition) is 1. The Balaban J connectivity index is 2.28. The third kappa shape index (κ3) is 8.46. The van der Waals surface area contributed by atoms with Gasteiger partial charge in [0.05, 0.1) is 12.1 Å². The fraction of sp³-hybridized carbons (Fsp3) is 0.478. The van der Waals surface area contributed by atoms with Crippen molar-refractivity contribution in [2.45, 2.75) is 72.1 Å². The van der Waals surface area contributed by atoms with Crippen molar-refractivity contribution in [3.05, 3.63) is 32.9 Å². The molecule has 0 saturated carbocycles. The van der Waals surface area contributed by atoms with Crippen LogP contribution in [0, 0.1) is 3.57 Å². The van der Waals surface area contributed by atoms with Gasteiger partial charge in [-0.05, 0) is 81.8 Å². The van der Waals surface area contributed by atoms with Crippen LogP contribution in [0.25, 0.3) is 0 Å². The molecule has 1 aliphatic rings. The van der Waals surface area contributed by atoms with Crippen molar-refractivity contribution in [1.29, 1.82) is 0 Å². The number of ether oxygens (including phenoxy) is 2. The van der Waals surface area contributed by atoms with Crippen LogP contribution in [0.1, 0.15) is 70.3 Å². The molecule has 196 valence electrons. The Morgan fingerprint density at radius 1 is 1.03 bits per heavy atom. The van der Waals surface area contributed by atoms with E-state index >= 15 is 0 Å². The van der Waals surface area contributed by atoms with E-state index in [4.69, 9.17) is 20.0 Å². The lowest BCUT2D eigenvalue weighted by atomic mass is 10.1. The van der Waals surface area contributed by atoms with Gasteiger partial charge >= 0.3 is 18.2 Å². The third-order valence-corrected chi connectivity index (χ3v) is 5.29. The first-order chi connectivity index (χ1) is 16.5. The van der Waals surface area contributed by atoms with Gasteiger partial charge in [0, 0.05) is 16.4 Å². The Kier molecular flexibility index (Phi) is 9.04. The molecular formula is C23H29IN4O8. The van der Waals surface area contributed by atoms with Gasteiger partial charge in [-0.1, -0.05) is 6.07 Å². The van der Waals surface area contributed by atoms with Gasteiger partial charge < -0.3 is 20.0 Å². The first-order valence-corrected chi connectivity index (χ1v) is 12.0. The van der Waals surface area contributed by atoms with Crippen LogP contribution >= 0.6 is 22.6 Å². The van der Waals surface area contributed by atoms with E-state index < -0.39 is 47.1 Å². The second-order valence-electron chi connectivity index (χ2n) is 9.78. The summed E-state index contributed by atoms with van der Waals surface area (Å²) in [5.41, 5.74) is 4.92. The molecular weight excluding hydrogens is 587 g/mol. The lowest BCUT2D eigenvalue weighted by Gasteiger charge is -2.27. The zero-order valence-corrected chi connectivity index (χ0v) is 23.1. The number of nitrogens with two attached hydrogens (primary N) is 1. The predicted octanol–water partition coefficient (Wildman–Crippen LogP) is 3.50. The van der Waals surface area contributed by atoms with Gasteiger partial charge in [0.25, 0.3) is 11.8 Å². The number of hydroxylamine groups is 2. The summed E-state index contributed by atoms with van der Waals surface area (Å²) in [7, 11) is 0. The maximum absolute atomic E-state index is 12.9. The number of amides is 4. The molecule has 1 aromatic carbocycles. The lowest BCUT2D eigenvalue weighted by Crippen LogP contribution is -2.45. The van der Waals surface area contributed by atoms with Crippen molar-refractivity contribution in [2.75, 3.05) is 0 Å². The van der Waals surface area contributed by atoms with Gasteiger partial charge in [-0.3, -0.25) is 9.59 Å². The summed E-state index contributed by atoms with van der Waals surface area (Å²) in [6.07, 6.45) is -1.87. The Morgan fingerprint density at radius 3 is 2.08 bits per heavy atom. The van der Waals surface area contributed by atoms with Crippen molar-refractivity contribution in [1.82, 2.24) is 9.96 Å². The highest BCUT2D eigenvalue weighted by Crippen LogP contribution is 2.21. The topological polar surface area (TPSA) is 158 Å². The highest BCUT2D eigenvalue weighted by molar-refractivity contribution is 14.1. The van der Waals surface area contributed by atoms with Crippen LogP contribution in [0.5, 0.6) is 0 Å². The molecule has 1 saturated heterocycles. The molecule has 2 N–H and O–H groups in total. The largest absolute Gasteiger partial charge is 0.443 e. The molecule has 0 radical (unpaired) electrons. The van der Waals surface area contributed by atoms with Crippen molar-refractivity contribution >= 4 is 58.5 Å². The highest BCUT2D eigenvalue weighted by Gasteiger charge is 2.33. The van der Waals surface area contributed by atoms with Crippen molar-refractivity contribution in [3.8, 4) is 0 Å². The van der Waals surface area contributed by atoms with E-state index in [0.29, 0.717) is 14.2 Å². The highest BCUT2D eigenvalue weighted by atomic mass is 127. The fourth-order valence-corrected chi connectivity index (χ4v) is 3.45. The first kappa shape index (κ1) is 29.0. The standard InChI is InChI=1S/C23H29IN4O8/c1-22(2,3)34-20(32)26-19(25)27(21(33)35-23(4,5)6)12-14-8-7-13(11-15(14)24)18(31)36-28-16(29)9-10-17(28)30/h7-8,11H,9-10,12H2,1-6H3,(H2,25,26,32). The molecule has 36 heavy (non-hydrogen) atoms. The molecule has 0 aliphatic carbocycles. The van der Waals surface area contributed by atoms with Crippen LogP contribution in [0.3, 0.4) is 0 Å². The van der Waals surface area contributed by atoms with Gasteiger partial charge in [-0.2, -0.15) is 0 Å². The molecule has 2 rings (SSSR count). The summed E-state index contributed by atoms with van der Waals surface area (Å²) in [5, 5.41) is 0.460. The minimum Gasteiger partial charge on any atom is -0.443 e. The Hall–Kier alpha value is -3.23. The van der Waals surface area contributed by atoms with Gasteiger partial charge in [-0.15, -0.1) is 10.1 Å². The number of carbonyl (C=O) groups is 5. The summed E-state index contributed by atoms with van der Waals surface area (Å²) in [5.74, 6) is -2.51. The van der Waals surface area contributed by atoms with Crippen LogP contribution in [0.15, 0.2) is 23.2 Å². The van der Waals surface area contributed by atoms with E-state index in [1.165, 1.54) is 18.2 Å². The molecule has 0 spiro atoms. The number of aliphatic imine (C=N–C) groups is 1. The van der Waals surface area contributed by atoms with E-state index in [9.17, 15) is 24.0 Å². The monoisotopic (exact) mass is 616 g/mol. The normalized spacial score (nSPS) is 14.5.